The number of anilines is 1. The summed E-state index contributed by atoms with van der Waals surface area (Å²) < 4.78 is 13.3. The molecule has 5 heteroatoms. The van der Waals surface area contributed by atoms with Gasteiger partial charge in [0.25, 0.3) is 0 Å². The molecule has 0 radical (unpaired) electrons. The Labute approximate surface area is 130 Å². The molecule has 1 aromatic carbocycles. The molecule has 1 aromatic heterocycles. The lowest BCUT2D eigenvalue weighted by molar-refractivity contribution is 0.419. The number of aromatic nitrogens is 2. The topological polar surface area (TPSA) is 41.0 Å². The van der Waals surface area contributed by atoms with Crippen LogP contribution in [0.3, 0.4) is 0 Å². The van der Waals surface area contributed by atoms with Crippen molar-refractivity contribution in [3.63, 3.8) is 0 Å². The minimum atomic E-state index is -0.143. The Kier molecular flexibility index (Phi) is 4.63. The van der Waals surface area contributed by atoms with Gasteiger partial charge in [0.15, 0.2) is 5.82 Å². The van der Waals surface area contributed by atoms with Crippen molar-refractivity contribution >= 4 is 5.82 Å². The lowest BCUT2D eigenvalue weighted by Gasteiger charge is -2.33. The SMILES string of the molecule is Cc1cc(CN[C@@H]2CCCN(c3cccnn3)C2)ccc1F. The van der Waals surface area contributed by atoms with Crippen LogP contribution < -0.4 is 10.2 Å². The lowest BCUT2D eigenvalue weighted by Crippen LogP contribution is -2.45. The number of halogens is 1. The molecule has 22 heavy (non-hydrogen) atoms. The number of piperidine rings is 1. The highest BCUT2D eigenvalue weighted by molar-refractivity contribution is 5.37. The van der Waals surface area contributed by atoms with Crippen LogP contribution in [0.15, 0.2) is 36.5 Å². The van der Waals surface area contributed by atoms with E-state index in [9.17, 15) is 4.39 Å². The molecule has 0 spiro atoms. The number of benzene rings is 1. The summed E-state index contributed by atoms with van der Waals surface area (Å²) >= 11 is 0. The molecule has 1 saturated heterocycles. The molecule has 0 unspecified atom stereocenters. The second-order valence-corrected chi connectivity index (χ2v) is 5.83. The lowest BCUT2D eigenvalue weighted by atomic mass is 10.0. The number of nitrogens with zero attached hydrogens (tertiary/aromatic N) is 3. The van der Waals surface area contributed by atoms with E-state index in [0.29, 0.717) is 11.6 Å². The zero-order valence-corrected chi connectivity index (χ0v) is 12.8. The largest absolute Gasteiger partial charge is 0.354 e. The van der Waals surface area contributed by atoms with E-state index in [4.69, 9.17) is 0 Å². The summed E-state index contributed by atoms with van der Waals surface area (Å²) in [6, 6.07) is 9.63. The van der Waals surface area contributed by atoms with Crippen LogP contribution in [0, 0.1) is 12.7 Å². The van der Waals surface area contributed by atoms with E-state index in [1.54, 1.807) is 19.2 Å². The Hall–Kier alpha value is -2.01. The van der Waals surface area contributed by atoms with Gasteiger partial charge in [0.05, 0.1) is 0 Å². The first-order valence-electron chi connectivity index (χ1n) is 7.73. The fourth-order valence-electron chi connectivity index (χ4n) is 2.89. The van der Waals surface area contributed by atoms with Gasteiger partial charge in [0, 0.05) is 31.9 Å². The number of hydrogen-bond acceptors (Lipinski definition) is 4. The Morgan fingerprint density at radius 3 is 3.05 bits per heavy atom. The first-order valence-corrected chi connectivity index (χ1v) is 7.73. The predicted octanol–water partition coefficient (Wildman–Crippen LogP) is 2.68. The zero-order chi connectivity index (χ0) is 15.4. The van der Waals surface area contributed by atoms with Crippen LogP contribution >= 0.6 is 0 Å². The van der Waals surface area contributed by atoms with Crippen molar-refractivity contribution in [3.8, 4) is 0 Å². The van der Waals surface area contributed by atoms with Crippen molar-refractivity contribution in [2.24, 2.45) is 0 Å². The fourth-order valence-corrected chi connectivity index (χ4v) is 2.89. The minimum Gasteiger partial charge on any atom is -0.354 e. The highest BCUT2D eigenvalue weighted by Crippen LogP contribution is 2.17. The van der Waals surface area contributed by atoms with Gasteiger partial charge in [-0.15, -0.1) is 5.10 Å². The first kappa shape index (κ1) is 14.9. The molecule has 1 aliphatic heterocycles. The van der Waals surface area contributed by atoms with Crippen LogP contribution in [-0.2, 0) is 6.54 Å². The standard InChI is InChI=1S/C17H21FN4/c1-13-10-14(6-7-16(13)18)11-19-15-4-3-9-22(12-15)17-5-2-8-20-21-17/h2,5-8,10,15,19H,3-4,9,11-12H2,1H3/t15-/m1/s1. The van der Waals surface area contributed by atoms with E-state index >= 15 is 0 Å². The van der Waals surface area contributed by atoms with Crippen molar-refractivity contribution in [1.82, 2.24) is 15.5 Å². The van der Waals surface area contributed by atoms with Crippen molar-refractivity contribution in [2.75, 3.05) is 18.0 Å². The average Bonchev–Trinajstić information content (AvgIpc) is 2.57. The van der Waals surface area contributed by atoms with Crippen LogP contribution in [-0.4, -0.2) is 29.3 Å². The summed E-state index contributed by atoms with van der Waals surface area (Å²) in [5.41, 5.74) is 1.82. The molecule has 0 aliphatic carbocycles. The van der Waals surface area contributed by atoms with Crippen LogP contribution in [0.4, 0.5) is 10.2 Å². The second-order valence-electron chi connectivity index (χ2n) is 5.83. The molecule has 3 rings (SSSR count). The Morgan fingerprint density at radius 1 is 1.36 bits per heavy atom. The van der Waals surface area contributed by atoms with E-state index in [2.05, 4.69) is 20.4 Å². The molecule has 4 nitrogen and oxygen atoms in total. The van der Waals surface area contributed by atoms with Crippen LogP contribution in [0.2, 0.25) is 0 Å². The molecular formula is C17H21FN4. The molecule has 0 bridgehead atoms. The van der Waals surface area contributed by atoms with E-state index < -0.39 is 0 Å². The number of rotatable bonds is 4. The predicted molar refractivity (Wildman–Crippen MR) is 85.2 cm³/mol. The van der Waals surface area contributed by atoms with Crippen LogP contribution in [0.5, 0.6) is 0 Å². The van der Waals surface area contributed by atoms with Gasteiger partial charge >= 0.3 is 0 Å². The third-order valence-corrected chi connectivity index (χ3v) is 4.12. The highest BCUT2D eigenvalue weighted by atomic mass is 19.1. The summed E-state index contributed by atoms with van der Waals surface area (Å²) in [7, 11) is 0. The van der Waals surface area contributed by atoms with Gasteiger partial charge in [-0.2, -0.15) is 5.10 Å². The molecule has 1 fully saturated rings. The monoisotopic (exact) mass is 300 g/mol. The van der Waals surface area contributed by atoms with Gasteiger partial charge in [-0.25, -0.2) is 4.39 Å². The molecule has 1 aliphatic rings. The van der Waals surface area contributed by atoms with Crippen LogP contribution in [0.1, 0.15) is 24.0 Å². The summed E-state index contributed by atoms with van der Waals surface area (Å²) in [5.74, 6) is 0.793. The zero-order valence-electron chi connectivity index (χ0n) is 12.8. The van der Waals surface area contributed by atoms with Crippen LogP contribution in [0.25, 0.3) is 0 Å². The normalized spacial score (nSPS) is 18.5. The molecule has 0 saturated carbocycles. The molecule has 2 heterocycles. The van der Waals surface area contributed by atoms with Gasteiger partial charge in [-0.1, -0.05) is 12.1 Å². The highest BCUT2D eigenvalue weighted by Gasteiger charge is 2.20. The average molecular weight is 300 g/mol. The van der Waals surface area contributed by atoms with E-state index in [1.165, 1.54) is 0 Å². The van der Waals surface area contributed by atoms with E-state index in [0.717, 1.165) is 43.9 Å². The van der Waals surface area contributed by atoms with Gasteiger partial charge in [0.2, 0.25) is 0 Å². The van der Waals surface area contributed by atoms with Gasteiger partial charge in [-0.3, -0.25) is 0 Å². The van der Waals surface area contributed by atoms with E-state index in [-0.39, 0.29) is 5.82 Å². The molecular weight excluding hydrogens is 279 g/mol. The third-order valence-electron chi connectivity index (χ3n) is 4.12. The summed E-state index contributed by atoms with van der Waals surface area (Å²) in [5, 5.41) is 11.7. The second kappa shape index (κ2) is 6.83. The van der Waals surface area contributed by atoms with Crippen molar-refractivity contribution in [1.29, 1.82) is 0 Å². The Morgan fingerprint density at radius 2 is 2.27 bits per heavy atom. The smallest absolute Gasteiger partial charge is 0.151 e. The third kappa shape index (κ3) is 3.60. The van der Waals surface area contributed by atoms with E-state index in [1.807, 2.05) is 24.3 Å². The molecule has 1 N–H and O–H groups in total. The van der Waals surface area contributed by atoms with Crippen molar-refractivity contribution < 1.29 is 4.39 Å². The molecule has 116 valence electrons. The summed E-state index contributed by atoms with van der Waals surface area (Å²) in [4.78, 5) is 2.27. The molecule has 0 amide bonds. The molecule has 2 aromatic rings. The minimum absolute atomic E-state index is 0.143. The Bertz CT molecular complexity index is 617. The van der Waals surface area contributed by atoms with Crippen molar-refractivity contribution in [2.45, 2.75) is 32.4 Å². The number of hydrogen-bond donors (Lipinski definition) is 1. The summed E-state index contributed by atoms with van der Waals surface area (Å²) in [6.45, 7) is 4.51. The van der Waals surface area contributed by atoms with Gasteiger partial charge in [-0.05, 0) is 49.1 Å². The first-order chi connectivity index (χ1) is 10.7. The number of nitrogens with one attached hydrogen (secondary N) is 1. The van der Waals surface area contributed by atoms with Crippen molar-refractivity contribution in [3.05, 3.63) is 53.5 Å². The maximum Gasteiger partial charge on any atom is 0.151 e. The van der Waals surface area contributed by atoms with Gasteiger partial charge in [0.1, 0.15) is 5.82 Å². The Balaban J connectivity index is 1.57. The quantitative estimate of drug-likeness (QED) is 0.942. The fraction of sp³-hybridized carbons (Fsp3) is 0.412. The summed E-state index contributed by atoms with van der Waals surface area (Å²) in [6.07, 6.45) is 3.98. The molecule has 1 atom stereocenters. The maximum atomic E-state index is 13.3. The maximum absolute atomic E-state index is 13.3. The van der Waals surface area contributed by atoms with Gasteiger partial charge < -0.3 is 10.2 Å². The number of aryl methyl sites for hydroxylation is 1.